The van der Waals surface area contributed by atoms with E-state index in [2.05, 4.69) is 11.4 Å². The van der Waals surface area contributed by atoms with E-state index in [4.69, 9.17) is 5.26 Å². The van der Waals surface area contributed by atoms with Crippen molar-refractivity contribution in [1.82, 2.24) is 10.2 Å². The lowest BCUT2D eigenvalue weighted by atomic mass is 9.85. The maximum Gasteiger partial charge on any atom is 0.253 e. The van der Waals surface area contributed by atoms with E-state index >= 15 is 0 Å². The molecule has 0 radical (unpaired) electrons. The van der Waals surface area contributed by atoms with Gasteiger partial charge in [0.1, 0.15) is 0 Å². The van der Waals surface area contributed by atoms with Crippen molar-refractivity contribution in [1.29, 1.82) is 5.26 Å². The van der Waals surface area contributed by atoms with Crippen LogP contribution in [0.15, 0.2) is 24.3 Å². The molecule has 0 spiro atoms. The predicted octanol–water partition coefficient (Wildman–Crippen LogP) is 1.30. The van der Waals surface area contributed by atoms with Gasteiger partial charge >= 0.3 is 0 Å². The normalized spacial score (nSPS) is 24.7. The molecule has 2 atom stereocenters. The molecular weight excluding hydrogens is 266 g/mol. The van der Waals surface area contributed by atoms with Crippen LogP contribution in [-0.2, 0) is 4.79 Å². The molecule has 0 saturated carbocycles. The van der Waals surface area contributed by atoms with Gasteiger partial charge in [0.15, 0.2) is 0 Å². The number of piperidine rings is 2. The number of fused-ring (bicyclic) bond motifs is 1. The number of rotatable bonds is 1. The number of amides is 2. The number of likely N-dealkylation sites (tertiary alicyclic amines) is 1. The van der Waals surface area contributed by atoms with Crippen LogP contribution in [0.3, 0.4) is 0 Å². The molecule has 108 valence electrons. The Morgan fingerprint density at radius 2 is 2.24 bits per heavy atom. The molecule has 2 fully saturated rings. The van der Waals surface area contributed by atoms with Crippen LogP contribution in [0.5, 0.6) is 0 Å². The van der Waals surface area contributed by atoms with E-state index in [1.807, 2.05) is 4.90 Å². The Balaban J connectivity index is 1.71. The van der Waals surface area contributed by atoms with Crippen LogP contribution in [0.4, 0.5) is 0 Å². The number of nitriles is 1. The molecule has 2 aliphatic rings. The van der Waals surface area contributed by atoms with Gasteiger partial charge in [-0.05, 0) is 37.0 Å². The van der Waals surface area contributed by atoms with E-state index in [0.29, 0.717) is 36.6 Å². The quantitative estimate of drug-likeness (QED) is 0.844. The lowest BCUT2D eigenvalue weighted by Crippen LogP contribution is -2.55. The molecule has 0 bridgehead atoms. The summed E-state index contributed by atoms with van der Waals surface area (Å²) in [5, 5.41) is 11.9. The van der Waals surface area contributed by atoms with Crippen molar-refractivity contribution in [2.45, 2.75) is 25.3 Å². The number of benzene rings is 1. The molecule has 1 N–H and O–H groups in total. The standard InChI is InChI=1S/C16H17N3O2/c17-9-11-2-1-3-12(8-11)16(21)19-7-6-14-13(10-19)4-5-15(20)18-14/h1-3,8,13-14H,4-7,10H2,(H,18,20). The first-order chi connectivity index (χ1) is 10.2. The molecule has 2 unspecified atom stereocenters. The molecule has 1 aromatic rings. The van der Waals surface area contributed by atoms with Gasteiger partial charge in [-0.25, -0.2) is 0 Å². The van der Waals surface area contributed by atoms with Crippen molar-refractivity contribution < 1.29 is 9.59 Å². The summed E-state index contributed by atoms with van der Waals surface area (Å²) in [4.78, 5) is 25.8. The molecule has 3 rings (SSSR count). The first-order valence-corrected chi connectivity index (χ1v) is 7.26. The molecule has 5 nitrogen and oxygen atoms in total. The van der Waals surface area contributed by atoms with Crippen LogP contribution in [-0.4, -0.2) is 35.8 Å². The Hall–Kier alpha value is -2.35. The molecule has 2 heterocycles. The minimum Gasteiger partial charge on any atom is -0.353 e. The Morgan fingerprint density at radius 1 is 1.38 bits per heavy atom. The highest BCUT2D eigenvalue weighted by Crippen LogP contribution is 2.26. The number of carbonyl (C=O) groups excluding carboxylic acids is 2. The summed E-state index contributed by atoms with van der Waals surface area (Å²) >= 11 is 0. The van der Waals surface area contributed by atoms with E-state index in [0.717, 1.165) is 12.8 Å². The zero-order valence-corrected chi connectivity index (χ0v) is 11.7. The number of hydrogen-bond donors (Lipinski definition) is 1. The summed E-state index contributed by atoms with van der Waals surface area (Å²) in [5.74, 6) is 0.444. The summed E-state index contributed by atoms with van der Waals surface area (Å²) in [6.07, 6.45) is 2.20. The van der Waals surface area contributed by atoms with Gasteiger partial charge in [0.25, 0.3) is 5.91 Å². The zero-order chi connectivity index (χ0) is 14.8. The number of hydrogen-bond acceptors (Lipinski definition) is 3. The van der Waals surface area contributed by atoms with Gasteiger partial charge in [-0.1, -0.05) is 6.07 Å². The fourth-order valence-electron chi connectivity index (χ4n) is 3.20. The fraction of sp³-hybridized carbons (Fsp3) is 0.438. The van der Waals surface area contributed by atoms with Gasteiger partial charge < -0.3 is 10.2 Å². The third kappa shape index (κ3) is 2.75. The van der Waals surface area contributed by atoms with Gasteiger partial charge in [-0.15, -0.1) is 0 Å². The van der Waals surface area contributed by atoms with Crippen LogP contribution in [0.25, 0.3) is 0 Å². The van der Waals surface area contributed by atoms with E-state index < -0.39 is 0 Å². The minimum absolute atomic E-state index is 0.0255. The highest BCUT2D eigenvalue weighted by atomic mass is 16.2. The molecule has 0 aromatic heterocycles. The van der Waals surface area contributed by atoms with Crippen molar-refractivity contribution in [3.8, 4) is 6.07 Å². The SMILES string of the molecule is N#Cc1cccc(C(=O)N2CCC3NC(=O)CCC3C2)c1. The molecule has 5 heteroatoms. The first-order valence-electron chi connectivity index (χ1n) is 7.26. The van der Waals surface area contributed by atoms with Gasteiger partial charge in [0, 0.05) is 31.1 Å². The molecular formula is C16H17N3O2. The maximum absolute atomic E-state index is 12.5. The lowest BCUT2D eigenvalue weighted by molar-refractivity contribution is -0.125. The minimum atomic E-state index is -0.0255. The zero-order valence-electron chi connectivity index (χ0n) is 11.7. The van der Waals surface area contributed by atoms with Crippen LogP contribution in [0, 0.1) is 17.2 Å². The molecule has 21 heavy (non-hydrogen) atoms. The average molecular weight is 283 g/mol. The highest BCUT2D eigenvalue weighted by Gasteiger charge is 2.35. The Bertz CT molecular complexity index is 620. The Morgan fingerprint density at radius 3 is 3.05 bits per heavy atom. The average Bonchev–Trinajstić information content (AvgIpc) is 2.53. The summed E-state index contributed by atoms with van der Waals surface area (Å²) in [7, 11) is 0. The van der Waals surface area contributed by atoms with Crippen molar-refractivity contribution >= 4 is 11.8 Å². The van der Waals surface area contributed by atoms with Crippen molar-refractivity contribution in [3.63, 3.8) is 0 Å². The first kappa shape index (κ1) is 13.6. The highest BCUT2D eigenvalue weighted by molar-refractivity contribution is 5.94. The number of nitrogens with one attached hydrogen (secondary N) is 1. The van der Waals surface area contributed by atoms with Gasteiger partial charge in [0.05, 0.1) is 11.6 Å². The maximum atomic E-state index is 12.5. The third-order valence-corrected chi connectivity index (χ3v) is 4.35. The van der Waals surface area contributed by atoms with Crippen LogP contribution in [0.2, 0.25) is 0 Å². The van der Waals surface area contributed by atoms with Gasteiger partial charge in [0.2, 0.25) is 5.91 Å². The second-order valence-electron chi connectivity index (χ2n) is 5.71. The van der Waals surface area contributed by atoms with Crippen molar-refractivity contribution in [2.24, 2.45) is 5.92 Å². The smallest absolute Gasteiger partial charge is 0.253 e. The second-order valence-corrected chi connectivity index (χ2v) is 5.71. The van der Waals surface area contributed by atoms with Crippen LogP contribution >= 0.6 is 0 Å². The summed E-state index contributed by atoms with van der Waals surface area (Å²) in [5.41, 5.74) is 1.06. The van der Waals surface area contributed by atoms with Crippen LogP contribution in [0.1, 0.15) is 35.2 Å². The van der Waals surface area contributed by atoms with E-state index in [9.17, 15) is 9.59 Å². The topological polar surface area (TPSA) is 73.2 Å². The fourth-order valence-corrected chi connectivity index (χ4v) is 3.20. The largest absolute Gasteiger partial charge is 0.353 e. The summed E-state index contributed by atoms with van der Waals surface area (Å²) < 4.78 is 0. The monoisotopic (exact) mass is 283 g/mol. The molecule has 1 aromatic carbocycles. The summed E-state index contributed by atoms with van der Waals surface area (Å²) in [6.45, 7) is 1.33. The molecule has 2 saturated heterocycles. The predicted molar refractivity (Wildman–Crippen MR) is 76.3 cm³/mol. The lowest BCUT2D eigenvalue weighted by Gasteiger charge is -2.41. The third-order valence-electron chi connectivity index (χ3n) is 4.35. The Labute approximate surface area is 123 Å². The van der Waals surface area contributed by atoms with E-state index in [1.165, 1.54) is 0 Å². The molecule has 0 aliphatic carbocycles. The Kier molecular flexibility index (Phi) is 3.61. The molecule has 2 amide bonds. The summed E-state index contributed by atoms with van der Waals surface area (Å²) in [6, 6.07) is 9.08. The van der Waals surface area contributed by atoms with Gasteiger partial charge in [-0.2, -0.15) is 5.26 Å². The van der Waals surface area contributed by atoms with Gasteiger partial charge in [-0.3, -0.25) is 9.59 Å². The van der Waals surface area contributed by atoms with E-state index in [1.54, 1.807) is 24.3 Å². The van der Waals surface area contributed by atoms with Crippen molar-refractivity contribution in [2.75, 3.05) is 13.1 Å². The molecule has 2 aliphatic heterocycles. The van der Waals surface area contributed by atoms with E-state index in [-0.39, 0.29) is 17.9 Å². The number of nitrogens with zero attached hydrogens (tertiary/aromatic N) is 2. The number of carbonyl (C=O) groups is 2. The van der Waals surface area contributed by atoms with Crippen LogP contribution < -0.4 is 5.32 Å². The second kappa shape index (κ2) is 5.57. The van der Waals surface area contributed by atoms with Crippen molar-refractivity contribution in [3.05, 3.63) is 35.4 Å².